The Balaban J connectivity index is 1.93. The molecule has 108 valence electrons. The molecule has 0 aliphatic carbocycles. The third-order valence-corrected chi connectivity index (χ3v) is 3.98. The fraction of sp³-hybridized carbons (Fsp3) is 0.278. The molecule has 0 bridgehead atoms. The lowest BCUT2D eigenvalue weighted by molar-refractivity contribution is -0.117. The maximum Gasteiger partial charge on any atom is 0.224 e. The van der Waals surface area contributed by atoms with Crippen LogP contribution in [-0.4, -0.2) is 18.6 Å². The molecule has 0 unspecified atom stereocenters. The van der Waals surface area contributed by atoms with Crippen LogP contribution in [0.15, 0.2) is 48.5 Å². The molecule has 0 radical (unpaired) electrons. The number of anilines is 1. The molecular formula is C18H19NO2. The van der Waals surface area contributed by atoms with Crippen molar-refractivity contribution in [3.8, 4) is 5.75 Å². The van der Waals surface area contributed by atoms with Crippen LogP contribution in [0.4, 0.5) is 5.69 Å². The quantitative estimate of drug-likeness (QED) is 0.845. The Hall–Kier alpha value is -2.29. The molecule has 0 aromatic heterocycles. The zero-order chi connectivity index (χ0) is 14.8. The Morgan fingerprint density at radius 1 is 1.19 bits per heavy atom. The van der Waals surface area contributed by atoms with E-state index in [0.29, 0.717) is 6.61 Å². The zero-order valence-corrected chi connectivity index (χ0v) is 12.4. The van der Waals surface area contributed by atoms with Gasteiger partial charge in [0.1, 0.15) is 12.4 Å². The zero-order valence-electron chi connectivity index (χ0n) is 12.4. The summed E-state index contributed by atoms with van der Waals surface area (Å²) in [5, 5.41) is 0. The van der Waals surface area contributed by atoms with Crippen LogP contribution < -0.4 is 9.64 Å². The molecule has 1 aliphatic heterocycles. The normalized spacial score (nSPS) is 17.0. The first kappa shape index (κ1) is 13.7. The molecule has 1 aliphatic rings. The summed E-state index contributed by atoms with van der Waals surface area (Å²) in [5.41, 5.74) is 3.38. The highest BCUT2D eigenvalue weighted by molar-refractivity contribution is 5.94. The number of ether oxygens (including phenoxy) is 1. The molecule has 0 spiro atoms. The molecule has 3 nitrogen and oxygen atoms in total. The van der Waals surface area contributed by atoms with Crippen LogP contribution in [0.5, 0.6) is 5.75 Å². The number of para-hydroxylation sites is 2. The van der Waals surface area contributed by atoms with Crippen molar-refractivity contribution < 1.29 is 9.53 Å². The number of carbonyl (C=O) groups excluding carboxylic acids is 1. The summed E-state index contributed by atoms with van der Waals surface area (Å²) in [6, 6.07) is 16.1. The average molecular weight is 281 g/mol. The Bertz CT molecular complexity index is 666. The van der Waals surface area contributed by atoms with Gasteiger partial charge in [0.05, 0.1) is 11.7 Å². The van der Waals surface area contributed by atoms with Gasteiger partial charge in [-0.2, -0.15) is 0 Å². The smallest absolute Gasteiger partial charge is 0.224 e. The van der Waals surface area contributed by atoms with Crippen molar-refractivity contribution >= 4 is 11.6 Å². The average Bonchev–Trinajstić information content (AvgIpc) is 2.49. The summed E-state index contributed by atoms with van der Waals surface area (Å²) < 4.78 is 5.83. The number of aryl methyl sites for hydroxylation is 1. The highest BCUT2D eigenvalue weighted by atomic mass is 16.5. The first-order chi connectivity index (χ1) is 10.2. The molecule has 0 fully saturated rings. The number of nitrogens with zero attached hydrogens (tertiary/aromatic N) is 1. The lowest BCUT2D eigenvalue weighted by Gasteiger charge is -2.36. The number of hydrogen-bond donors (Lipinski definition) is 0. The molecule has 2 aromatic rings. The second kappa shape index (κ2) is 5.60. The maximum atomic E-state index is 12.1. The minimum absolute atomic E-state index is 0.0403. The topological polar surface area (TPSA) is 29.5 Å². The largest absolute Gasteiger partial charge is 0.489 e. The fourth-order valence-corrected chi connectivity index (χ4v) is 2.91. The molecule has 0 N–H and O–H groups in total. The van der Waals surface area contributed by atoms with Gasteiger partial charge in [0.25, 0.3) is 0 Å². The van der Waals surface area contributed by atoms with Crippen LogP contribution in [0.2, 0.25) is 0 Å². The number of hydrogen-bond acceptors (Lipinski definition) is 2. The van der Waals surface area contributed by atoms with Crippen LogP contribution in [-0.2, 0) is 11.2 Å². The molecule has 2 aromatic carbocycles. The van der Waals surface area contributed by atoms with Gasteiger partial charge in [-0.1, -0.05) is 36.4 Å². The van der Waals surface area contributed by atoms with E-state index in [2.05, 4.69) is 19.1 Å². The first-order valence-corrected chi connectivity index (χ1v) is 7.23. The number of rotatable bonds is 2. The number of amides is 1. The minimum Gasteiger partial charge on any atom is -0.489 e. The lowest BCUT2D eigenvalue weighted by Crippen LogP contribution is -2.47. The molecule has 1 heterocycles. The van der Waals surface area contributed by atoms with E-state index in [1.807, 2.05) is 41.3 Å². The Morgan fingerprint density at radius 2 is 1.90 bits per heavy atom. The summed E-state index contributed by atoms with van der Waals surface area (Å²) in [5.74, 6) is 0.845. The van der Waals surface area contributed by atoms with Crippen molar-refractivity contribution in [3.05, 3.63) is 59.7 Å². The van der Waals surface area contributed by atoms with Gasteiger partial charge in [0, 0.05) is 6.92 Å². The first-order valence-electron chi connectivity index (χ1n) is 7.23. The van der Waals surface area contributed by atoms with Crippen molar-refractivity contribution in [2.75, 3.05) is 11.5 Å². The SMILES string of the molecule is CC(=O)N1c2ccccc2OC[C@@H]1Cc1ccccc1C. The summed E-state index contributed by atoms with van der Waals surface area (Å²) in [4.78, 5) is 14.0. The Labute approximate surface area is 125 Å². The number of benzene rings is 2. The van der Waals surface area contributed by atoms with E-state index < -0.39 is 0 Å². The van der Waals surface area contributed by atoms with E-state index >= 15 is 0 Å². The molecule has 21 heavy (non-hydrogen) atoms. The third-order valence-electron chi connectivity index (χ3n) is 3.98. The highest BCUT2D eigenvalue weighted by Crippen LogP contribution is 2.34. The second-order valence-corrected chi connectivity index (χ2v) is 5.45. The van der Waals surface area contributed by atoms with E-state index in [9.17, 15) is 4.79 Å². The van der Waals surface area contributed by atoms with Gasteiger partial charge in [-0.25, -0.2) is 0 Å². The van der Waals surface area contributed by atoms with Crippen LogP contribution in [0.1, 0.15) is 18.1 Å². The van der Waals surface area contributed by atoms with E-state index in [-0.39, 0.29) is 11.9 Å². The highest BCUT2D eigenvalue weighted by Gasteiger charge is 2.30. The summed E-state index contributed by atoms with van der Waals surface area (Å²) in [6.45, 7) is 4.25. The molecule has 0 saturated carbocycles. The third kappa shape index (κ3) is 2.64. The van der Waals surface area contributed by atoms with Crippen molar-refractivity contribution in [1.29, 1.82) is 0 Å². The van der Waals surface area contributed by atoms with Gasteiger partial charge in [-0.05, 0) is 36.6 Å². The molecule has 3 rings (SSSR count). The molecular weight excluding hydrogens is 262 g/mol. The van der Waals surface area contributed by atoms with Crippen molar-refractivity contribution in [2.24, 2.45) is 0 Å². The van der Waals surface area contributed by atoms with Crippen molar-refractivity contribution in [2.45, 2.75) is 26.3 Å². The minimum atomic E-state index is 0.0403. The predicted molar refractivity (Wildman–Crippen MR) is 83.8 cm³/mol. The molecule has 0 saturated heterocycles. The molecule has 1 atom stereocenters. The second-order valence-electron chi connectivity index (χ2n) is 5.45. The predicted octanol–water partition coefficient (Wildman–Crippen LogP) is 3.35. The fourth-order valence-electron chi connectivity index (χ4n) is 2.91. The van der Waals surface area contributed by atoms with Crippen LogP contribution in [0.25, 0.3) is 0 Å². The Kier molecular flexibility index (Phi) is 3.65. The van der Waals surface area contributed by atoms with E-state index in [0.717, 1.165) is 17.9 Å². The van der Waals surface area contributed by atoms with Gasteiger partial charge < -0.3 is 9.64 Å². The molecule has 3 heteroatoms. The lowest BCUT2D eigenvalue weighted by atomic mass is 9.99. The van der Waals surface area contributed by atoms with Gasteiger partial charge in [0.15, 0.2) is 0 Å². The van der Waals surface area contributed by atoms with Gasteiger partial charge in [0.2, 0.25) is 5.91 Å². The Morgan fingerprint density at radius 3 is 2.67 bits per heavy atom. The summed E-state index contributed by atoms with van der Waals surface area (Å²) in [6.07, 6.45) is 0.806. The van der Waals surface area contributed by atoms with Gasteiger partial charge >= 0.3 is 0 Å². The van der Waals surface area contributed by atoms with E-state index in [1.165, 1.54) is 11.1 Å². The van der Waals surface area contributed by atoms with E-state index in [4.69, 9.17) is 4.74 Å². The van der Waals surface area contributed by atoms with Crippen LogP contribution in [0, 0.1) is 6.92 Å². The van der Waals surface area contributed by atoms with Gasteiger partial charge in [-0.15, -0.1) is 0 Å². The van der Waals surface area contributed by atoms with Crippen molar-refractivity contribution in [3.63, 3.8) is 0 Å². The summed E-state index contributed by atoms with van der Waals surface area (Å²) >= 11 is 0. The van der Waals surface area contributed by atoms with Crippen molar-refractivity contribution in [1.82, 2.24) is 0 Å². The maximum absolute atomic E-state index is 12.1. The van der Waals surface area contributed by atoms with Crippen LogP contribution in [0.3, 0.4) is 0 Å². The van der Waals surface area contributed by atoms with Gasteiger partial charge in [-0.3, -0.25) is 4.79 Å². The summed E-state index contributed by atoms with van der Waals surface area (Å²) in [7, 11) is 0. The monoisotopic (exact) mass is 281 g/mol. The van der Waals surface area contributed by atoms with E-state index in [1.54, 1.807) is 6.92 Å². The molecule has 1 amide bonds. The number of fused-ring (bicyclic) bond motifs is 1. The van der Waals surface area contributed by atoms with Crippen LogP contribution >= 0.6 is 0 Å². The number of carbonyl (C=O) groups is 1. The standard InChI is InChI=1S/C18H19NO2/c1-13-7-3-4-8-15(13)11-16-12-21-18-10-6-5-9-17(18)19(16)14(2)20/h3-10,16H,11-12H2,1-2H3/t16-/m0/s1.